The van der Waals surface area contributed by atoms with Crippen molar-refractivity contribution in [1.29, 1.82) is 0 Å². The molecule has 1 aliphatic carbocycles. The first-order valence-electron chi connectivity index (χ1n) is 7.97. The fourth-order valence-corrected chi connectivity index (χ4v) is 2.38. The second-order valence-corrected chi connectivity index (χ2v) is 6.52. The predicted molar refractivity (Wildman–Crippen MR) is 93.1 cm³/mol. The third-order valence-electron chi connectivity index (χ3n) is 3.71. The number of hydrogen-bond donors (Lipinski definition) is 2. The molecular formula is C17H22ClN3O3. The number of rotatable bonds is 7. The monoisotopic (exact) mass is 351 g/mol. The molecule has 1 aromatic carbocycles. The number of hydrogen-bond acceptors (Lipinski definition) is 3. The van der Waals surface area contributed by atoms with E-state index in [0.29, 0.717) is 35.7 Å². The Bertz CT molecular complexity index is 642. The minimum absolute atomic E-state index is 0.0833. The highest BCUT2D eigenvalue weighted by Gasteiger charge is 2.28. The second-order valence-electron chi connectivity index (χ2n) is 6.11. The molecule has 0 unspecified atom stereocenters. The Morgan fingerprint density at radius 1 is 1.25 bits per heavy atom. The van der Waals surface area contributed by atoms with Crippen molar-refractivity contribution in [2.45, 2.75) is 25.7 Å². The van der Waals surface area contributed by atoms with Gasteiger partial charge in [-0.15, -0.1) is 0 Å². The van der Waals surface area contributed by atoms with E-state index in [1.807, 2.05) is 0 Å². The van der Waals surface area contributed by atoms with E-state index in [2.05, 4.69) is 10.6 Å². The lowest BCUT2D eigenvalue weighted by molar-refractivity contribution is -0.122. The van der Waals surface area contributed by atoms with E-state index in [0.717, 1.165) is 12.8 Å². The number of carbonyl (C=O) groups is 3. The summed E-state index contributed by atoms with van der Waals surface area (Å²) in [5.74, 6) is -0.124. The average Bonchev–Trinajstić information content (AvgIpc) is 3.37. The summed E-state index contributed by atoms with van der Waals surface area (Å²) in [6.45, 7) is 0.494. The maximum atomic E-state index is 12.0. The van der Waals surface area contributed by atoms with Crippen LogP contribution < -0.4 is 10.6 Å². The molecule has 0 bridgehead atoms. The summed E-state index contributed by atoms with van der Waals surface area (Å²) in [5, 5.41) is 5.91. The van der Waals surface area contributed by atoms with Gasteiger partial charge in [0, 0.05) is 38.7 Å². The molecule has 24 heavy (non-hydrogen) atoms. The quantitative estimate of drug-likeness (QED) is 0.740. The molecule has 0 atom stereocenters. The van der Waals surface area contributed by atoms with Crippen molar-refractivity contribution in [2.75, 3.05) is 26.0 Å². The normalized spacial score (nSPS) is 13.3. The minimum Gasteiger partial charge on any atom is -0.356 e. The second kappa shape index (κ2) is 8.15. The van der Waals surface area contributed by atoms with Crippen LogP contribution >= 0.6 is 11.6 Å². The first kappa shape index (κ1) is 18.3. The molecule has 0 saturated heterocycles. The SMILES string of the molecule is CN(C)C(=O)c1cc(NC(=O)CCCNC(=O)C2CC2)ccc1Cl. The number of anilines is 1. The van der Waals surface area contributed by atoms with Crippen LogP contribution in [-0.4, -0.2) is 43.3 Å². The molecule has 1 fully saturated rings. The molecule has 6 nitrogen and oxygen atoms in total. The number of benzene rings is 1. The smallest absolute Gasteiger partial charge is 0.254 e. The summed E-state index contributed by atoms with van der Waals surface area (Å²) in [6.07, 6.45) is 2.81. The Morgan fingerprint density at radius 2 is 1.96 bits per heavy atom. The molecule has 0 aliphatic heterocycles. The van der Waals surface area contributed by atoms with E-state index in [-0.39, 0.29) is 23.6 Å². The topological polar surface area (TPSA) is 78.5 Å². The number of nitrogens with zero attached hydrogens (tertiary/aromatic N) is 1. The van der Waals surface area contributed by atoms with Crippen LogP contribution in [0.15, 0.2) is 18.2 Å². The summed E-state index contributed by atoms with van der Waals surface area (Å²) in [4.78, 5) is 36.9. The van der Waals surface area contributed by atoms with E-state index in [1.165, 1.54) is 4.90 Å². The average molecular weight is 352 g/mol. The van der Waals surface area contributed by atoms with Crippen LogP contribution in [0.2, 0.25) is 5.02 Å². The van der Waals surface area contributed by atoms with E-state index in [1.54, 1.807) is 32.3 Å². The van der Waals surface area contributed by atoms with E-state index >= 15 is 0 Å². The zero-order chi connectivity index (χ0) is 17.7. The largest absolute Gasteiger partial charge is 0.356 e. The van der Waals surface area contributed by atoms with Crippen molar-refractivity contribution in [3.8, 4) is 0 Å². The Kier molecular flexibility index (Phi) is 6.20. The highest BCUT2D eigenvalue weighted by Crippen LogP contribution is 2.28. The number of amides is 3. The molecule has 0 heterocycles. The molecule has 0 radical (unpaired) electrons. The molecule has 0 spiro atoms. The van der Waals surface area contributed by atoms with Gasteiger partial charge in [0.15, 0.2) is 0 Å². The molecule has 1 aliphatic rings. The molecule has 0 aromatic heterocycles. The van der Waals surface area contributed by atoms with Gasteiger partial charge in [0.25, 0.3) is 5.91 Å². The van der Waals surface area contributed by atoms with E-state index in [9.17, 15) is 14.4 Å². The van der Waals surface area contributed by atoms with Crippen molar-refractivity contribution in [3.05, 3.63) is 28.8 Å². The van der Waals surface area contributed by atoms with Gasteiger partial charge in [0.2, 0.25) is 11.8 Å². The standard InChI is InChI=1S/C17H22ClN3O3/c1-21(2)17(24)13-10-12(7-8-14(13)18)20-15(22)4-3-9-19-16(23)11-5-6-11/h7-8,10-11H,3-6,9H2,1-2H3,(H,19,23)(H,20,22). The minimum atomic E-state index is -0.223. The highest BCUT2D eigenvalue weighted by atomic mass is 35.5. The summed E-state index contributed by atoms with van der Waals surface area (Å²) in [6, 6.07) is 4.81. The van der Waals surface area contributed by atoms with Crippen LogP contribution in [0.3, 0.4) is 0 Å². The highest BCUT2D eigenvalue weighted by molar-refractivity contribution is 6.34. The third kappa shape index (κ3) is 5.23. The lowest BCUT2D eigenvalue weighted by Gasteiger charge is -2.13. The van der Waals surface area contributed by atoms with Gasteiger partial charge in [-0.25, -0.2) is 0 Å². The van der Waals surface area contributed by atoms with E-state index < -0.39 is 0 Å². The van der Waals surface area contributed by atoms with E-state index in [4.69, 9.17) is 11.6 Å². The zero-order valence-corrected chi connectivity index (χ0v) is 14.7. The Hall–Kier alpha value is -2.08. The van der Waals surface area contributed by atoms with Crippen molar-refractivity contribution >= 4 is 35.0 Å². The van der Waals surface area contributed by atoms with Crippen LogP contribution in [0.5, 0.6) is 0 Å². The zero-order valence-electron chi connectivity index (χ0n) is 13.9. The van der Waals surface area contributed by atoms with Gasteiger partial charge in [-0.1, -0.05) is 11.6 Å². The van der Waals surface area contributed by atoms with Gasteiger partial charge in [0.05, 0.1) is 10.6 Å². The molecule has 1 saturated carbocycles. The molecule has 1 aromatic rings. The maximum Gasteiger partial charge on any atom is 0.254 e. The summed E-state index contributed by atoms with van der Waals surface area (Å²) in [5.41, 5.74) is 0.868. The number of carbonyl (C=O) groups excluding carboxylic acids is 3. The molecule has 3 amide bonds. The summed E-state index contributed by atoms with van der Waals surface area (Å²) < 4.78 is 0. The lowest BCUT2D eigenvalue weighted by Crippen LogP contribution is -2.26. The number of halogens is 1. The van der Waals surface area contributed by atoms with Crippen molar-refractivity contribution in [1.82, 2.24) is 10.2 Å². The van der Waals surface area contributed by atoms with Crippen molar-refractivity contribution in [3.63, 3.8) is 0 Å². The van der Waals surface area contributed by atoms with Gasteiger partial charge in [-0.2, -0.15) is 0 Å². The maximum absolute atomic E-state index is 12.0. The number of nitrogens with one attached hydrogen (secondary N) is 2. The molecule has 2 rings (SSSR count). The lowest BCUT2D eigenvalue weighted by atomic mass is 10.1. The molecular weight excluding hydrogens is 330 g/mol. The van der Waals surface area contributed by atoms with Crippen LogP contribution in [0, 0.1) is 5.92 Å². The van der Waals surface area contributed by atoms with Crippen molar-refractivity contribution in [2.24, 2.45) is 5.92 Å². The Balaban J connectivity index is 1.81. The predicted octanol–water partition coefficient (Wildman–Crippen LogP) is 2.29. The van der Waals surface area contributed by atoms with Crippen LogP contribution in [0.4, 0.5) is 5.69 Å². The first-order chi connectivity index (χ1) is 11.4. The fourth-order valence-electron chi connectivity index (χ4n) is 2.18. The summed E-state index contributed by atoms with van der Waals surface area (Å²) in [7, 11) is 3.28. The van der Waals surface area contributed by atoms with Gasteiger partial charge in [-0.3, -0.25) is 14.4 Å². The Morgan fingerprint density at radius 3 is 2.58 bits per heavy atom. The van der Waals surface area contributed by atoms with Gasteiger partial charge in [-0.05, 0) is 37.5 Å². The van der Waals surface area contributed by atoms with Crippen molar-refractivity contribution < 1.29 is 14.4 Å². The Labute approximate surface area is 146 Å². The van der Waals surface area contributed by atoms with Crippen LogP contribution in [0.25, 0.3) is 0 Å². The van der Waals surface area contributed by atoms with Gasteiger partial charge >= 0.3 is 0 Å². The summed E-state index contributed by atoms with van der Waals surface area (Å²) >= 11 is 6.03. The molecule has 7 heteroatoms. The molecule has 2 N–H and O–H groups in total. The molecule has 130 valence electrons. The third-order valence-corrected chi connectivity index (χ3v) is 4.04. The van der Waals surface area contributed by atoms with Crippen LogP contribution in [-0.2, 0) is 9.59 Å². The van der Waals surface area contributed by atoms with Gasteiger partial charge in [0.1, 0.15) is 0 Å². The first-order valence-corrected chi connectivity index (χ1v) is 8.35. The van der Waals surface area contributed by atoms with Crippen LogP contribution in [0.1, 0.15) is 36.0 Å². The fraction of sp³-hybridized carbons (Fsp3) is 0.471. The van der Waals surface area contributed by atoms with Gasteiger partial charge < -0.3 is 15.5 Å².